The van der Waals surface area contributed by atoms with Gasteiger partial charge in [-0.3, -0.25) is 4.68 Å². The van der Waals surface area contributed by atoms with E-state index in [2.05, 4.69) is 24.9 Å². The lowest BCUT2D eigenvalue weighted by atomic mass is 10.2. The molecule has 15 heavy (non-hydrogen) atoms. The molecule has 2 aromatic heterocycles. The van der Waals surface area contributed by atoms with Crippen LogP contribution in [-0.2, 0) is 6.42 Å². The number of aromatic nitrogens is 2. The molecule has 0 saturated heterocycles. The van der Waals surface area contributed by atoms with Crippen molar-refractivity contribution in [2.24, 2.45) is 0 Å². The number of hydrogen-bond acceptors (Lipinski definition) is 3. The first kappa shape index (κ1) is 10.2. The van der Waals surface area contributed by atoms with Gasteiger partial charge < -0.3 is 5.84 Å². The van der Waals surface area contributed by atoms with Crippen LogP contribution in [0.1, 0.15) is 22.4 Å². The lowest BCUT2D eigenvalue weighted by Crippen LogP contribution is -2.08. The Balaban J connectivity index is 2.53. The minimum Gasteiger partial charge on any atom is -0.338 e. The van der Waals surface area contributed by atoms with Gasteiger partial charge in [-0.2, -0.15) is 0 Å². The first-order valence-electron chi connectivity index (χ1n) is 5.02. The maximum Gasteiger partial charge on any atom is 0.159 e. The third-order valence-corrected chi connectivity index (χ3v) is 3.61. The molecule has 0 aliphatic heterocycles. The quantitative estimate of drug-likeness (QED) is 0.792. The molecule has 0 amide bonds. The summed E-state index contributed by atoms with van der Waals surface area (Å²) < 4.78 is 1.60. The summed E-state index contributed by atoms with van der Waals surface area (Å²) in [6.07, 6.45) is 2.91. The van der Waals surface area contributed by atoms with Crippen LogP contribution in [0, 0.1) is 13.8 Å². The van der Waals surface area contributed by atoms with E-state index in [1.54, 1.807) is 4.68 Å². The van der Waals surface area contributed by atoms with Crippen molar-refractivity contribution in [1.29, 1.82) is 0 Å². The highest BCUT2D eigenvalue weighted by Gasteiger charge is 2.12. The number of nitrogens with two attached hydrogens (primary N) is 1. The molecule has 0 spiro atoms. The van der Waals surface area contributed by atoms with Gasteiger partial charge in [0.2, 0.25) is 0 Å². The highest BCUT2D eigenvalue weighted by atomic mass is 32.1. The molecular formula is C11H15N3S. The van der Waals surface area contributed by atoms with Crippen LogP contribution in [0.2, 0.25) is 0 Å². The second kappa shape index (κ2) is 3.70. The molecule has 2 heterocycles. The van der Waals surface area contributed by atoms with Gasteiger partial charge in [0, 0.05) is 21.5 Å². The summed E-state index contributed by atoms with van der Waals surface area (Å²) in [5.41, 5.74) is 2.11. The van der Waals surface area contributed by atoms with Crippen LogP contribution in [0.25, 0.3) is 11.4 Å². The molecule has 0 atom stereocenters. The fourth-order valence-electron chi connectivity index (χ4n) is 1.66. The van der Waals surface area contributed by atoms with Gasteiger partial charge in [0.25, 0.3) is 0 Å². The monoisotopic (exact) mass is 221 g/mol. The van der Waals surface area contributed by atoms with E-state index < -0.39 is 0 Å². The average Bonchev–Trinajstić information content (AvgIpc) is 2.69. The molecule has 0 aliphatic rings. The molecule has 0 radical (unpaired) electrons. The summed E-state index contributed by atoms with van der Waals surface area (Å²) >= 11 is 1.82. The lowest BCUT2D eigenvalue weighted by molar-refractivity contribution is 1.01. The fraction of sp³-hybridized carbons (Fsp3) is 0.364. The Bertz CT molecular complexity index is 482. The minimum absolute atomic E-state index is 0.862. The predicted molar refractivity (Wildman–Crippen MR) is 64.5 cm³/mol. The van der Waals surface area contributed by atoms with E-state index in [0.717, 1.165) is 23.5 Å². The Morgan fingerprint density at radius 2 is 2.20 bits per heavy atom. The summed E-state index contributed by atoms with van der Waals surface area (Å²) in [4.78, 5) is 7.09. The number of nitrogens with zero attached hydrogens (tertiary/aromatic N) is 2. The largest absolute Gasteiger partial charge is 0.338 e. The third kappa shape index (κ3) is 1.77. The highest BCUT2D eigenvalue weighted by molar-refractivity contribution is 7.12. The van der Waals surface area contributed by atoms with Crippen LogP contribution in [0.4, 0.5) is 0 Å². The average molecular weight is 221 g/mol. The SMILES string of the molecule is CCc1cc(-c2nc(C)cn2N)c(C)s1. The first-order chi connectivity index (χ1) is 7.11. The van der Waals surface area contributed by atoms with Gasteiger partial charge in [-0.1, -0.05) is 6.92 Å². The van der Waals surface area contributed by atoms with Gasteiger partial charge in [-0.15, -0.1) is 11.3 Å². The molecule has 4 heteroatoms. The van der Waals surface area contributed by atoms with E-state index in [-0.39, 0.29) is 0 Å². The van der Waals surface area contributed by atoms with Crippen molar-refractivity contribution >= 4 is 11.3 Å². The standard InChI is InChI=1S/C11H15N3S/c1-4-9-5-10(8(3)15-9)11-13-7(2)6-14(11)12/h5-6H,4,12H2,1-3H3. The Kier molecular flexibility index (Phi) is 2.52. The number of nitrogen functional groups attached to an aromatic ring is 1. The first-order valence-corrected chi connectivity index (χ1v) is 5.84. The van der Waals surface area contributed by atoms with Crippen molar-refractivity contribution in [3.8, 4) is 11.4 Å². The predicted octanol–water partition coefficient (Wildman–Crippen LogP) is 2.50. The van der Waals surface area contributed by atoms with Gasteiger partial charge in [-0.05, 0) is 26.3 Å². The maximum atomic E-state index is 5.85. The summed E-state index contributed by atoms with van der Waals surface area (Å²) in [7, 11) is 0. The van der Waals surface area contributed by atoms with E-state index in [1.165, 1.54) is 9.75 Å². The number of imidazole rings is 1. The summed E-state index contributed by atoms with van der Waals surface area (Å²) in [6, 6.07) is 2.19. The lowest BCUT2D eigenvalue weighted by Gasteiger charge is -1.99. The molecule has 2 aromatic rings. The van der Waals surface area contributed by atoms with E-state index in [9.17, 15) is 0 Å². The normalized spacial score (nSPS) is 10.9. The second-order valence-electron chi connectivity index (χ2n) is 3.65. The molecular weight excluding hydrogens is 206 g/mol. The molecule has 3 nitrogen and oxygen atoms in total. The van der Waals surface area contributed by atoms with E-state index in [0.29, 0.717) is 0 Å². The van der Waals surface area contributed by atoms with E-state index in [4.69, 9.17) is 5.84 Å². The van der Waals surface area contributed by atoms with Crippen LogP contribution in [0.5, 0.6) is 0 Å². The van der Waals surface area contributed by atoms with Crippen LogP contribution >= 0.6 is 11.3 Å². The number of thiophene rings is 1. The van der Waals surface area contributed by atoms with Gasteiger partial charge >= 0.3 is 0 Å². The fourth-order valence-corrected chi connectivity index (χ4v) is 2.63. The van der Waals surface area contributed by atoms with Crippen molar-refractivity contribution in [3.05, 3.63) is 27.7 Å². The minimum atomic E-state index is 0.862. The molecule has 2 N–H and O–H groups in total. The molecule has 0 unspecified atom stereocenters. The molecule has 0 saturated carbocycles. The number of aryl methyl sites for hydroxylation is 3. The van der Waals surface area contributed by atoms with Crippen LogP contribution in [0.3, 0.4) is 0 Å². The zero-order chi connectivity index (χ0) is 11.0. The van der Waals surface area contributed by atoms with Crippen LogP contribution in [-0.4, -0.2) is 9.66 Å². The second-order valence-corrected chi connectivity index (χ2v) is 4.99. The molecule has 2 rings (SSSR count). The number of rotatable bonds is 2. The van der Waals surface area contributed by atoms with E-state index in [1.807, 2.05) is 24.5 Å². The van der Waals surface area contributed by atoms with Crippen LogP contribution < -0.4 is 5.84 Å². The Morgan fingerprint density at radius 3 is 2.67 bits per heavy atom. The Hall–Kier alpha value is -1.29. The summed E-state index contributed by atoms with van der Waals surface area (Å²) in [6.45, 7) is 6.23. The van der Waals surface area contributed by atoms with Crippen molar-refractivity contribution in [1.82, 2.24) is 9.66 Å². The maximum absolute atomic E-state index is 5.85. The number of hydrogen-bond donors (Lipinski definition) is 1. The van der Waals surface area contributed by atoms with Gasteiger partial charge in [-0.25, -0.2) is 4.98 Å². The summed E-state index contributed by atoms with van der Waals surface area (Å²) in [5.74, 6) is 6.71. The van der Waals surface area contributed by atoms with E-state index >= 15 is 0 Å². The highest BCUT2D eigenvalue weighted by Crippen LogP contribution is 2.29. The zero-order valence-electron chi connectivity index (χ0n) is 9.24. The van der Waals surface area contributed by atoms with Crippen molar-refractivity contribution < 1.29 is 0 Å². The third-order valence-electron chi connectivity index (χ3n) is 2.41. The topological polar surface area (TPSA) is 43.8 Å². The van der Waals surface area contributed by atoms with Crippen molar-refractivity contribution in [2.75, 3.05) is 5.84 Å². The van der Waals surface area contributed by atoms with Crippen molar-refractivity contribution in [2.45, 2.75) is 27.2 Å². The molecule has 0 bridgehead atoms. The van der Waals surface area contributed by atoms with Gasteiger partial charge in [0.05, 0.1) is 5.69 Å². The Morgan fingerprint density at radius 1 is 1.47 bits per heavy atom. The Labute approximate surface area is 93.5 Å². The van der Waals surface area contributed by atoms with Crippen LogP contribution in [0.15, 0.2) is 12.3 Å². The zero-order valence-corrected chi connectivity index (χ0v) is 10.1. The van der Waals surface area contributed by atoms with Gasteiger partial charge in [0.1, 0.15) is 0 Å². The smallest absolute Gasteiger partial charge is 0.159 e. The molecule has 0 fully saturated rings. The molecule has 0 aliphatic carbocycles. The summed E-state index contributed by atoms with van der Waals surface area (Å²) in [5, 5.41) is 0. The molecule has 0 aromatic carbocycles. The van der Waals surface area contributed by atoms with Crippen molar-refractivity contribution in [3.63, 3.8) is 0 Å². The van der Waals surface area contributed by atoms with Gasteiger partial charge in [0.15, 0.2) is 5.82 Å². The molecule has 80 valence electrons.